The van der Waals surface area contributed by atoms with Crippen molar-refractivity contribution in [3.63, 3.8) is 0 Å². The van der Waals surface area contributed by atoms with Gasteiger partial charge in [0.25, 0.3) is 5.91 Å². The standard InChI is InChI=1S/C12H13N4O2S/c1-7-14-10(11(13)17)12(19-7)15-8-5-3-4-6-9(8)16(2)18/h3-6,15H,1-2H3,(H2,13,17)/q-1. The Morgan fingerprint density at radius 2 is 2.16 bits per heavy atom. The molecule has 0 saturated carbocycles. The van der Waals surface area contributed by atoms with Crippen molar-refractivity contribution >= 4 is 33.6 Å². The Balaban J connectivity index is 2.39. The minimum atomic E-state index is -0.597. The highest BCUT2D eigenvalue weighted by molar-refractivity contribution is 7.16. The average molecular weight is 277 g/mol. The van der Waals surface area contributed by atoms with Gasteiger partial charge in [-0.15, -0.1) is 11.3 Å². The van der Waals surface area contributed by atoms with Gasteiger partial charge in [0.05, 0.1) is 10.7 Å². The first kappa shape index (κ1) is 13.3. The Morgan fingerprint density at radius 3 is 2.79 bits per heavy atom. The molecule has 0 radical (unpaired) electrons. The average Bonchev–Trinajstić information content (AvgIpc) is 2.71. The zero-order chi connectivity index (χ0) is 14.0. The molecule has 19 heavy (non-hydrogen) atoms. The summed E-state index contributed by atoms with van der Waals surface area (Å²) >= 11 is 1.31. The van der Waals surface area contributed by atoms with Gasteiger partial charge in [-0.3, -0.25) is 4.79 Å². The third kappa shape index (κ3) is 2.83. The van der Waals surface area contributed by atoms with Gasteiger partial charge >= 0.3 is 0 Å². The molecule has 2 rings (SSSR count). The number of aryl methyl sites for hydroxylation is 1. The van der Waals surface area contributed by atoms with Crippen LogP contribution in [0.2, 0.25) is 0 Å². The Bertz CT molecular complexity index is 610. The summed E-state index contributed by atoms with van der Waals surface area (Å²) in [5.74, 6) is -0.597. The molecule has 1 amide bonds. The third-order valence-electron chi connectivity index (χ3n) is 2.46. The Morgan fingerprint density at radius 1 is 1.47 bits per heavy atom. The molecule has 0 spiro atoms. The number of primary amides is 1. The largest absolute Gasteiger partial charge is 0.758 e. The number of nitrogens with two attached hydrogens (primary N) is 1. The molecule has 0 unspecified atom stereocenters. The molecule has 3 N–H and O–H groups in total. The smallest absolute Gasteiger partial charge is 0.270 e. The topological polar surface area (TPSA) is 94.3 Å². The number of anilines is 3. The molecule has 0 atom stereocenters. The molecule has 6 nitrogen and oxygen atoms in total. The van der Waals surface area contributed by atoms with Crippen molar-refractivity contribution in [1.29, 1.82) is 0 Å². The molecule has 0 bridgehead atoms. The van der Waals surface area contributed by atoms with Crippen molar-refractivity contribution in [2.75, 3.05) is 17.4 Å². The third-order valence-corrected chi connectivity index (χ3v) is 3.35. The van der Waals surface area contributed by atoms with E-state index in [9.17, 15) is 10.0 Å². The summed E-state index contributed by atoms with van der Waals surface area (Å²) in [6.07, 6.45) is 0. The second kappa shape index (κ2) is 5.25. The van der Waals surface area contributed by atoms with E-state index in [0.717, 1.165) is 10.1 Å². The maximum absolute atomic E-state index is 11.5. The molecule has 7 heteroatoms. The molecular formula is C12H13N4O2S-. The normalized spacial score (nSPS) is 10.3. The van der Waals surface area contributed by atoms with Crippen LogP contribution in [0.3, 0.4) is 0 Å². The number of carbonyl (C=O) groups is 1. The van der Waals surface area contributed by atoms with Crippen molar-refractivity contribution in [2.45, 2.75) is 6.92 Å². The predicted molar refractivity (Wildman–Crippen MR) is 76.9 cm³/mol. The number of thiazole rings is 1. The van der Waals surface area contributed by atoms with Gasteiger partial charge in [0.15, 0.2) is 5.69 Å². The lowest BCUT2D eigenvalue weighted by atomic mass is 10.2. The fourth-order valence-corrected chi connectivity index (χ4v) is 2.49. The van der Waals surface area contributed by atoms with E-state index in [1.807, 2.05) is 0 Å². The number of benzene rings is 1. The maximum Gasteiger partial charge on any atom is 0.270 e. The number of nitrogens with zero attached hydrogens (tertiary/aromatic N) is 2. The number of hydrogen-bond acceptors (Lipinski definition) is 6. The Labute approximate surface area is 114 Å². The second-order valence-electron chi connectivity index (χ2n) is 3.91. The van der Waals surface area contributed by atoms with Gasteiger partial charge in [0.2, 0.25) is 0 Å². The Kier molecular flexibility index (Phi) is 3.68. The van der Waals surface area contributed by atoms with Crippen LogP contribution in [0.5, 0.6) is 0 Å². The lowest BCUT2D eigenvalue weighted by Crippen LogP contribution is -2.14. The van der Waals surface area contributed by atoms with E-state index in [1.165, 1.54) is 18.4 Å². The number of hydroxylamine groups is 1. The van der Waals surface area contributed by atoms with Gasteiger partial charge in [-0.1, -0.05) is 12.1 Å². The van der Waals surface area contributed by atoms with Crippen LogP contribution in [0.1, 0.15) is 15.5 Å². The van der Waals surface area contributed by atoms with Crippen LogP contribution in [0.4, 0.5) is 16.4 Å². The number of hydrogen-bond donors (Lipinski definition) is 2. The molecule has 0 aliphatic carbocycles. The molecule has 0 aliphatic heterocycles. The zero-order valence-electron chi connectivity index (χ0n) is 10.5. The first-order chi connectivity index (χ1) is 8.99. The number of rotatable bonds is 4. The van der Waals surface area contributed by atoms with E-state index in [2.05, 4.69) is 10.3 Å². The second-order valence-corrected chi connectivity index (χ2v) is 5.12. The first-order valence-electron chi connectivity index (χ1n) is 5.53. The molecule has 1 heterocycles. The van der Waals surface area contributed by atoms with Gasteiger partial charge in [0, 0.05) is 5.69 Å². The number of carbonyl (C=O) groups excluding carboxylic acids is 1. The van der Waals surface area contributed by atoms with Crippen molar-refractivity contribution in [2.24, 2.45) is 5.73 Å². The molecule has 100 valence electrons. The maximum atomic E-state index is 11.5. The fraction of sp³-hybridized carbons (Fsp3) is 0.167. The van der Waals surface area contributed by atoms with Crippen LogP contribution in [-0.2, 0) is 0 Å². The van der Waals surface area contributed by atoms with Crippen LogP contribution in [0.25, 0.3) is 0 Å². The van der Waals surface area contributed by atoms with E-state index in [1.54, 1.807) is 31.2 Å². The highest BCUT2D eigenvalue weighted by Crippen LogP contribution is 2.32. The molecule has 1 aromatic carbocycles. The number of aromatic nitrogens is 1. The van der Waals surface area contributed by atoms with Crippen LogP contribution in [-0.4, -0.2) is 17.9 Å². The lowest BCUT2D eigenvalue weighted by Gasteiger charge is -2.27. The molecular weight excluding hydrogens is 264 g/mol. The minimum Gasteiger partial charge on any atom is -0.758 e. The quantitative estimate of drug-likeness (QED) is 0.836. The van der Waals surface area contributed by atoms with E-state index in [4.69, 9.17) is 5.73 Å². The first-order valence-corrected chi connectivity index (χ1v) is 6.35. The number of para-hydroxylation sites is 2. The van der Waals surface area contributed by atoms with Crippen LogP contribution in [0.15, 0.2) is 24.3 Å². The van der Waals surface area contributed by atoms with Crippen molar-refractivity contribution < 1.29 is 4.79 Å². The van der Waals surface area contributed by atoms with Crippen molar-refractivity contribution in [1.82, 2.24) is 4.98 Å². The molecule has 0 saturated heterocycles. The highest BCUT2D eigenvalue weighted by atomic mass is 32.1. The SMILES string of the molecule is Cc1nc(C(N)=O)c(Nc2ccccc2N(C)[O-])s1. The summed E-state index contributed by atoms with van der Waals surface area (Å²) in [5, 5.41) is 16.5. The van der Waals surface area contributed by atoms with E-state index < -0.39 is 5.91 Å². The molecule has 0 fully saturated rings. The molecule has 1 aromatic heterocycles. The zero-order valence-corrected chi connectivity index (χ0v) is 11.3. The van der Waals surface area contributed by atoms with E-state index in [-0.39, 0.29) is 5.69 Å². The molecule has 2 aromatic rings. The monoisotopic (exact) mass is 277 g/mol. The van der Waals surface area contributed by atoms with E-state index in [0.29, 0.717) is 16.4 Å². The van der Waals surface area contributed by atoms with Gasteiger partial charge in [-0.05, 0) is 26.1 Å². The lowest BCUT2D eigenvalue weighted by molar-refractivity contribution is 0.0997. The number of nitrogens with one attached hydrogen (secondary N) is 1. The summed E-state index contributed by atoms with van der Waals surface area (Å²) in [5.41, 5.74) is 6.54. The summed E-state index contributed by atoms with van der Waals surface area (Å²) in [7, 11) is 1.41. The summed E-state index contributed by atoms with van der Waals surface area (Å²) < 4.78 is 0. The minimum absolute atomic E-state index is 0.186. The summed E-state index contributed by atoms with van der Waals surface area (Å²) in [6, 6.07) is 7.01. The van der Waals surface area contributed by atoms with Crippen molar-refractivity contribution in [3.8, 4) is 0 Å². The summed E-state index contributed by atoms with van der Waals surface area (Å²) in [4.78, 5) is 15.4. The van der Waals surface area contributed by atoms with E-state index >= 15 is 0 Å². The van der Waals surface area contributed by atoms with Crippen molar-refractivity contribution in [3.05, 3.63) is 40.2 Å². The fourth-order valence-electron chi connectivity index (χ4n) is 1.66. The van der Waals surface area contributed by atoms with Crippen LogP contribution >= 0.6 is 11.3 Å². The van der Waals surface area contributed by atoms with Gasteiger partial charge in [0.1, 0.15) is 5.00 Å². The predicted octanol–water partition coefficient (Wildman–Crippen LogP) is 2.23. The van der Waals surface area contributed by atoms with Gasteiger partial charge in [-0.25, -0.2) is 4.98 Å². The Hall–Kier alpha value is -2.12. The van der Waals surface area contributed by atoms with Gasteiger partial charge < -0.3 is 21.3 Å². The van der Waals surface area contributed by atoms with Crippen LogP contribution < -0.4 is 16.1 Å². The van der Waals surface area contributed by atoms with Gasteiger partial charge in [-0.2, -0.15) is 0 Å². The highest BCUT2D eigenvalue weighted by Gasteiger charge is 2.15. The van der Waals surface area contributed by atoms with Crippen LogP contribution in [0, 0.1) is 12.1 Å². The summed E-state index contributed by atoms with van der Waals surface area (Å²) in [6.45, 7) is 1.79. The molecule has 0 aliphatic rings. The number of amides is 1.